The first-order chi connectivity index (χ1) is 9.15. The Hall–Kier alpha value is -0.880. The van der Waals surface area contributed by atoms with Crippen LogP contribution in [0.3, 0.4) is 0 Å². The van der Waals surface area contributed by atoms with Crippen LogP contribution in [0.15, 0.2) is 18.2 Å². The summed E-state index contributed by atoms with van der Waals surface area (Å²) in [6.45, 7) is 3.01. The number of amides is 1. The third-order valence-electron chi connectivity index (χ3n) is 3.64. The Balaban J connectivity index is 0.00000200. The zero-order valence-electron chi connectivity index (χ0n) is 12.3. The number of aromatic nitrogens is 1. The highest BCUT2D eigenvalue weighted by Gasteiger charge is 2.31. The molecular formula is C14H23Cl2N3O2. The van der Waals surface area contributed by atoms with Gasteiger partial charge in [-0.15, -0.1) is 24.8 Å². The molecule has 1 aliphatic rings. The van der Waals surface area contributed by atoms with E-state index in [1.54, 1.807) is 13.2 Å². The highest BCUT2D eigenvalue weighted by atomic mass is 35.5. The fourth-order valence-corrected chi connectivity index (χ4v) is 2.53. The second kappa shape index (κ2) is 9.20. The number of aryl methyl sites for hydroxylation is 1. The molecule has 120 valence electrons. The SMILES string of the molecule is COC1CCN(C(=O)c2cccc(C)n2)C(CN)C1.Cl.Cl. The monoisotopic (exact) mass is 335 g/mol. The number of halogens is 2. The van der Waals surface area contributed by atoms with E-state index in [1.807, 2.05) is 24.0 Å². The number of ether oxygens (including phenoxy) is 1. The van der Waals surface area contributed by atoms with Gasteiger partial charge in [0.15, 0.2) is 0 Å². The number of carbonyl (C=O) groups is 1. The van der Waals surface area contributed by atoms with Crippen LogP contribution in [0.5, 0.6) is 0 Å². The van der Waals surface area contributed by atoms with Crippen LogP contribution in [0.25, 0.3) is 0 Å². The maximum absolute atomic E-state index is 12.5. The quantitative estimate of drug-likeness (QED) is 0.914. The molecule has 5 nitrogen and oxygen atoms in total. The molecule has 0 radical (unpaired) electrons. The molecule has 0 aliphatic carbocycles. The van der Waals surface area contributed by atoms with Crippen molar-refractivity contribution in [1.29, 1.82) is 0 Å². The van der Waals surface area contributed by atoms with Crippen LogP contribution < -0.4 is 5.73 Å². The summed E-state index contributed by atoms with van der Waals surface area (Å²) >= 11 is 0. The molecule has 7 heteroatoms. The molecule has 1 aromatic heterocycles. The number of rotatable bonds is 3. The fourth-order valence-electron chi connectivity index (χ4n) is 2.53. The van der Waals surface area contributed by atoms with Gasteiger partial charge >= 0.3 is 0 Å². The fraction of sp³-hybridized carbons (Fsp3) is 0.571. The van der Waals surface area contributed by atoms with E-state index in [-0.39, 0.29) is 42.9 Å². The minimum absolute atomic E-state index is 0. The molecule has 1 amide bonds. The summed E-state index contributed by atoms with van der Waals surface area (Å²) < 4.78 is 5.37. The van der Waals surface area contributed by atoms with Crippen LogP contribution in [0.1, 0.15) is 29.0 Å². The molecular weight excluding hydrogens is 313 g/mol. The average molecular weight is 336 g/mol. The number of piperidine rings is 1. The maximum atomic E-state index is 12.5. The summed E-state index contributed by atoms with van der Waals surface area (Å²) in [6.07, 6.45) is 1.85. The largest absolute Gasteiger partial charge is 0.381 e. The molecule has 0 bridgehead atoms. The summed E-state index contributed by atoms with van der Waals surface area (Å²) in [6, 6.07) is 5.53. The number of nitrogens with two attached hydrogens (primary N) is 1. The standard InChI is InChI=1S/C14H21N3O2.2ClH/c1-10-4-3-5-13(16-10)14(18)17-7-6-12(19-2)8-11(17)9-15;;/h3-5,11-12H,6-9,15H2,1-2H3;2*1H. The van der Waals surface area contributed by atoms with Crippen molar-refractivity contribution in [3.8, 4) is 0 Å². The molecule has 1 aromatic rings. The van der Waals surface area contributed by atoms with E-state index in [2.05, 4.69) is 4.98 Å². The summed E-state index contributed by atoms with van der Waals surface area (Å²) in [5.74, 6) is -0.0336. The predicted octanol–water partition coefficient (Wildman–Crippen LogP) is 1.81. The Morgan fingerprint density at radius 3 is 2.76 bits per heavy atom. The van der Waals surface area contributed by atoms with Gasteiger partial charge in [0.25, 0.3) is 5.91 Å². The summed E-state index contributed by atoms with van der Waals surface area (Å²) in [7, 11) is 1.71. The van der Waals surface area contributed by atoms with E-state index < -0.39 is 0 Å². The van der Waals surface area contributed by atoms with E-state index in [9.17, 15) is 4.79 Å². The smallest absolute Gasteiger partial charge is 0.272 e. The molecule has 21 heavy (non-hydrogen) atoms. The molecule has 2 heterocycles. The van der Waals surface area contributed by atoms with Crippen molar-refractivity contribution in [3.05, 3.63) is 29.6 Å². The lowest BCUT2D eigenvalue weighted by Crippen LogP contribution is -2.51. The number of nitrogens with zero attached hydrogens (tertiary/aromatic N) is 2. The number of methoxy groups -OCH3 is 1. The first kappa shape index (κ1) is 20.1. The van der Waals surface area contributed by atoms with Gasteiger partial charge < -0.3 is 15.4 Å². The minimum Gasteiger partial charge on any atom is -0.381 e. The average Bonchev–Trinajstić information content (AvgIpc) is 2.45. The zero-order chi connectivity index (χ0) is 13.8. The van der Waals surface area contributed by atoms with Crippen molar-refractivity contribution < 1.29 is 9.53 Å². The second-order valence-corrected chi connectivity index (χ2v) is 4.93. The van der Waals surface area contributed by atoms with E-state index in [0.717, 1.165) is 18.5 Å². The van der Waals surface area contributed by atoms with Gasteiger partial charge in [-0.1, -0.05) is 6.07 Å². The lowest BCUT2D eigenvalue weighted by molar-refractivity contribution is 0.0136. The number of pyridine rings is 1. The van der Waals surface area contributed by atoms with Gasteiger partial charge in [-0.2, -0.15) is 0 Å². The molecule has 2 atom stereocenters. The molecule has 1 aliphatic heterocycles. The van der Waals surface area contributed by atoms with Crippen molar-refractivity contribution in [3.63, 3.8) is 0 Å². The Morgan fingerprint density at radius 1 is 1.48 bits per heavy atom. The van der Waals surface area contributed by atoms with Gasteiger partial charge in [0.2, 0.25) is 0 Å². The Bertz CT molecular complexity index is 460. The van der Waals surface area contributed by atoms with Crippen LogP contribution in [0.2, 0.25) is 0 Å². The normalized spacial score (nSPS) is 21.2. The molecule has 2 rings (SSSR count). The highest BCUT2D eigenvalue weighted by molar-refractivity contribution is 5.92. The van der Waals surface area contributed by atoms with Crippen LogP contribution in [-0.2, 0) is 4.74 Å². The van der Waals surface area contributed by atoms with E-state index in [4.69, 9.17) is 10.5 Å². The third-order valence-corrected chi connectivity index (χ3v) is 3.64. The van der Waals surface area contributed by atoms with E-state index in [1.165, 1.54) is 0 Å². The number of likely N-dealkylation sites (tertiary alicyclic amines) is 1. The molecule has 0 saturated carbocycles. The second-order valence-electron chi connectivity index (χ2n) is 4.93. The van der Waals surface area contributed by atoms with Crippen molar-refractivity contribution >= 4 is 30.7 Å². The van der Waals surface area contributed by atoms with E-state index >= 15 is 0 Å². The first-order valence-corrected chi connectivity index (χ1v) is 6.63. The summed E-state index contributed by atoms with van der Waals surface area (Å²) in [5.41, 5.74) is 7.13. The van der Waals surface area contributed by atoms with Crippen LogP contribution in [0, 0.1) is 6.92 Å². The van der Waals surface area contributed by atoms with Gasteiger partial charge in [-0.3, -0.25) is 4.79 Å². The molecule has 0 aromatic carbocycles. The van der Waals surface area contributed by atoms with Crippen molar-refractivity contribution in [2.45, 2.75) is 31.9 Å². The summed E-state index contributed by atoms with van der Waals surface area (Å²) in [4.78, 5) is 18.6. The van der Waals surface area contributed by atoms with Gasteiger partial charge in [0.05, 0.1) is 6.10 Å². The number of carbonyl (C=O) groups excluding carboxylic acids is 1. The first-order valence-electron chi connectivity index (χ1n) is 6.63. The molecule has 2 N–H and O–H groups in total. The van der Waals surface area contributed by atoms with Gasteiger partial charge in [-0.25, -0.2) is 4.98 Å². The summed E-state index contributed by atoms with van der Waals surface area (Å²) in [5, 5.41) is 0. The molecule has 2 unspecified atom stereocenters. The van der Waals surface area contributed by atoms with Crippen LogP contribution in [0.4, 0.5) is 0 Å². The van der Waals surface area contributed by atoms with Crippen molar-refractivity contribution in [2.24, 2.45) is 5.73 Å². The van der Waals surface area contributed by atoms with E-state index in [0.29, 0.717) is 18.8 Å². The van der Waals surface area contributed by atoms with Crippen molar-refractivity contribution in [1.82, 2.24) is 9.88 Å². The lowest BCUT2D eigenvalue weighted by atomic mass is 9.98. The highest BCUT2D eigenvalue weighted by Crippen LogP contribution is 2.21. The number of hydrogen-bond donors (Lipinski definition) is 1. The minimum atomic E-state index is -0.0336. The number of hydrogen-bond acceptors (Lipinski definition) is 4. The van der Waals surface area contributed by atoms with Gasteiger partial charge in [0.1, 0.15) is 5.69 Å². The molecule has 1 fully saturated rings. The van der Waals surface area contributed by atoms with Crippen LogP contribution >= 0.6 is 24.8 Å². The zero-order valence-corrected chi connectivity index (χ0v) is 14.0. The third kappa shape index (κ3) is 4.81. The van der Waals surface area contributed by atoms with Crippen molar-refractivity contribution in [2.75, 3.05) is 20.2 Å². The lowest BCUT2D eigenvalue weighted by Gasteiger charge is -2.38. The molecule has 0 spiro atoms. The van der Waals surface area contributed by atoms with Crippen LogP contribution in [-0.4, -0.2) is 48.1 Å². The maximum Gasteiger partial charge on any atom is 0.272 e. The molecule has 1 saturated heterocycles. The topological polar surface area (TPSA) is 68.5 Å². The van der Waals surface area contributed by atoms with Gasteiger partial charge in [0, 0.05) is 31.9 Å². The Labute approximate surface area is 138 Å². The Kier molecular flexibility index (Phi) is 8.82. The predicted molar refractivity (Wildman–Crippen MR) is 87.4 cm³/mol. The Morgan fingerprint density at radius 2 is 2.19 bits per heavy atom. The van der Waals surface area contributed by atoms with Gasteiger partial charge in [-0.05, 0) is 31.9 Å².